The van der Waals surface area contributed by atoms with Crippen molar-refractivity contribution in [3.8, 4) is 11.5 Å². The van der Waals surface area contributed by atoms with Gasteiger partial charge in [-0.1, -0.05) is 46.9 Å². The molecule has 4 amide bonds. The quantitative estimate of drug-likeness (QED) is 0.162. The molecule has 0 aromatic heterocycles. The minimum absolute atomic E-state index is 0.213. The van der Waals surface area contributed by atoms with Crippen LogP contribution in [0, 0.1) is 10.5 Å². The summed E-state index contributed by atoms with van der Waals surface area (Å²) in [6.07, 6.45) is 1.41. The molecule has 1 saturated heterocycles. The molecule has 1 N–H and O–H groups in total. The second-order valence-corrected chi connectivity index (χ2v) is 10.5. The summed E-state index contributed by atoms with van der Waals surface area (Å²) in [7, 11) is 0. The Balaban J connectivity index is 1.67. The molecule has 4 rings (SSSR count). The van der Waals surface area contributed by atoms with Gasteiger partial charge in [-0.2, -0.15) is 0 Å². The molecule has 196 valence electrons. The Morgan fingerprint density at radius 2 is 1.74 bits per heavy atom. The Labute approximate surface area is 247 Å². The molecule has 1 heterocycles. The van der Waals surface area contributed by atoms with Crippen LogP contribution in [0.1, 0.15) is 23.6 Å². The van der Waals surface area contributed by atoms with Crippen LogP contribution in [0.3, 0.4) is 0 Å². The highest BCUT2D eigenvalue weighted by molar-refractivity contribution is 14.1. The van der Waals surface area contributed by atoms with Crippen LogP contribution in [0.2, 0.25) is 15.1 Å². The maximum absolute atomic E-state index is 13.3. The molecule has 3 aromatic rings. The summed E-state index contributed by atoms with van der Waals surface area (Å²) in [4.78, 5) is 39.5. The van der Waals surface area contributed by atoms with Gasteiger partial charge >= 0.3 is 6.03 Å². The van der Waals surface area contributed by atoms with Gasteiger partial charge in [0, 0.05) is 5.02 Å². The molecule has 0 spiro atoms. The number of imide groups is 2. The van der Waals surface area contributed by atoms with E-state index in [1.54, 1.807) is 49.4 Å². The highest BCUT2D eigenvalue weighted by Crippen LogP contribution is 2.36. The molecule has 1 fully saturated rings. The maximum Gasteiger partial charge on any atom is 0.335 e. The van der Waals surface area contributed by atoms with Crippen molar-refractivity contribution < 1.29 is 23.9 Å². The Morgan fingerprint density at radius 1 is 0.974 bits per heavy atom. The van der Waals surface area contributed by atoms with Crippen molar-refractivity contribution in [3.63, 3.8) is 0 Å². The van der Waals surface area contributed by atoms with Crippen LogP contribution < -0.4 is 19.7 Å². The molecule has 0 aliphatic carbocycles. The van der Waals surface area contributed by atoms with Gasteiger partial charge in [0.25, 0.3) is 11.8 Å². The first-order valence-electron chi connectivity index (χ1n) is 11.3. The molecule has 0 unspecified atom stereocenters. The molecule has 0 saturated carbocycles. The average molecular weight is 686 g/mol. The highest BCUT2D eigenvalue weighted by Gasteiger charge is 2.37. The van der Waals surface area contributed by atoms with Crippen molar-refractivity contribution in [2.45, 2.75) is 20.5 Å². The molecule has 1 aliphatic heterocycles. The number of barbiturate groups is 1. The van der Waals surface area contributed by atoms with Gasteiger partial charge in [0.05, 0.1) is 25.9 Å². The fourth-order valence-electron chi connectivity index (χ4n) is 3.74. The molecule has 7 nitrogen and oxygen atoms in total. The van der Waals surface area contributed by atoms with Crippen molar-refractivity contribution in [1.29, 1.82) is 0 Å². The SMILES string of the molecule is CCOc1cc(/C=C2\C(=O)NC(=O)N(c3cccc(Cl)c3C)C2=O)cc(I)c1OCc1ccc(Cl)c(Cl)c1. The number of urea groups is 1. The van der Waals surface area contributed by atoms with Gasteiger partial charge in [-0.3, -0.25) is 14.9 Å². The molecule has 1 aliphatic rings. The zero-order chi connectivity index (χ0) is 27.6. The average Bonchev–Trinajstić information content (AvgIpc) is 2.86. The summed E-state index contributed by atoms with van der Waals surface area (Å²) < 4.78 is 12.5. The van der Waals surface area contributed by atoms with Crippen molar-refractivity contribution in [2.75, 3.05) is 11.5 Å². The lowest BCUT2D eigenvalue weighted by atomic mass is 10.1. The van der Waals surface area contributed by atoms with Crippen LogP contribution in [0.25, 0.3) is 6.08 Å². The molecule has 11 heteroatoms. The smallest absolute Gasteiger partial charge is 0.335 e. The van der Waals surface area contributed by atoms with E-state index in [1.165, 1.54) is 6.08 Å². The molecular formula is C27H20Cl3IN2O5. The third kappa shape index (κ3) is 5.93. The second-order valence-electron chi connectivity index (χ2n) is 8.14. The van der Waals surface area contributed by atoms with E-state index in [4.69, 9.17) is 44.3 Å². The van der Waals surface area contributed by atoms with E-state index >= 15 is 0 Å². The highest BCUT2D eigenvalue weighted by atomic mass is 127. The lowest BCUT2D eigenvalue weighted by Crippen LogP contribution is -2.54. The van der Waals surface area contributed by atoms with Gasteiger partial charge in [0.1, 0.15) is 12.2 Å². The van der Waals surface area contributed by atoms with Crippen molar-refractivity contribution in [3.05, 3.63) is 89.4 Å². The summed E-state index contributed by atoms with van der Waals surface area (Å²) in [5.41, 5.74) is 1.92. The minimum atomic E-state index is -0.849. The van der Waals surface area contributed by atoms with Gasteiger partial charge in [-0.15, -0.1) is 0 Å². The van der Waals surface area contributed by atoms with Crippen LogP contribution in [0.4, 0.5) is 10.5 Å². The van der Waals surface area contributed by atoms with Crippen LogP contribution >= 0.6 is 57.4 Å². The van der Waals surface area contributed by atoms with Crippen LogP contribution in [0.15, 0.2) is 54.1 Å². The van der Waals surface area contributed by atoms with Crippen molar-refractivity contribution >= 4 is 87.0 Å². The summed E-state index contributed by atoms with van der Waals surface area (Å²) in [6.45, 7) is 4.08. The van der Waals surface area contributed by atoms with Gasteiger partial charge in [0.2, 0.25) is 0 Å². The van der Waals surface area contributed by atoms with E-state index in [9.17, 15) is 14.4 Å². The Kier molecular flexibility index (Phi) is 8.87. The van der Waals surface area contributed by atoms with E-state index < -0.39 is 17.8 Å². The molecule has 0 radical (unpaired) electrons. The van der Waals surface area contributed by atoms with Gasteiger partial charge in [-0.25, -0.2) is 9.69 Å². The van der Waals surface area contributed by atoms with Crippen molar-refractivity contribution in [2.24, 2.45) is 0 Å². The number of benzene rings is 3. The van der Waals surface area contributed by atoms with E-state index in [0.29, 0.717) is 47.9 Å². The lowest BCUT2D eigenvalue weighted by molar-refractivity contribution is -0.122. The third-order valence-electron chi connectivity index (χ3n) is 5.59. The van der Waals surface area contributed by atoms with E-state index in [0.717, 1.165) is 10.5 Å². The molecule has 3 aromatic carbocycles. The van der Waals surface area contributed by atoms with Crippen molar-refractivity contribution in [1.82, 2.24) is 5.32 Å². The first-order chi connectivity index (χ1) is 18.1. The first kappa shape index (κ1) is 28.2. The number of carbonyl (C=O) groups is 3. The standard InChI is InChI=1S/C27H20Cl3IN2O5/c1-3-37-23-12-16(11-21(31)24(23)38-13-15-7-8-19(29)20(30)10-15)9-17-25(34)32-27(36)33(26(17)35)22-6-4-5-18(28)14(22)2/h4-12H,3,13H2,1-2H3,(H,32,34,36)/b17-9+. The molecule has 0 atom stereocenters. The summed E-state index contributed by atoms with van der Waals surface area (Å²) >= 11 is 20.4. The Morgan fingerprint density at radius 3 is 2.45 bits per heavy atom. The molecular weight excluding hydrogens is 666 g/mol. The predicted octanol–water partition coefficient (Wildman–Crippen LogP) is 7.20. The van der Waals surface area contributed by atoms with Crippen LogP contribution in [-0.4, -0.2) is 24.5 Å². The van der Waals surface area contributed by atoms with Gasteiger partial charge in [-0.05, 0) is 95.6 Å². The van der Waals surface area contributed by atoms with Gasteiger partial charge < -0.3 is 9.47 Å². The van der Waals surface area contributed by atoms with Crippen LogP contribution in [0.5, 0.6) is 11.5 Å². The number of amides is 4. The fourth-order valence-corrected chi connectivity index (χ4v) is 5.01. The number of ether oxygens (including phenoxy) is 2. The summed E-state index contributed by atoms with van der Waals surface area (Å²) in [6, 6.07) is 12.6. The number of nitrogens with one attached hydrogen (secondary N) is 1. The van der Waals surface area contributed by atoms with E-state index in [2.05, 4.69) is 27.9 Å². The normalized spacial score (nSPS) is 14.6. The summed E-state index contributed by atoms with van der Waals surface area (Å²) in [5, 5.41) is 3.48. The molecule has 0 bridgehead atoms. The predicted molar refractivity (Wildman–Crippen MR) is 156 cm³/mol. The minimum Gasteiger partial charge on any atom is -0.490 e. The van der Waals surface area contributed by atoms with E-state index in [1.807, 2.05) is 13.0 Å². The number of halogens is 4. The maximum atomic E-state index is 13.3. The topological polar surface area (TPSA) is 84.9 Å². The number of nitrogens with zero attached hydrogens (tertiary/aromatic N) is 1. The number of anilines is 1. The monoisotopic (exact) mass is 684 g/mol. The van der Waals surface area contributed by atoms with Crippen LogP contribution in [-0.2, 0) is 16.2 Å². The first-order valence-corrected chi connectivity index (χ1v) is 13.5. The van der Waals surface area contributed by atoms with E-state index in [-0.39, 0.29) is 17.9 Å². The lowest BCUT2D eigenvalue weighted by Gasteiger charge is -2.27. The second kappa shape index (κ2) is 11.9. The Hall–Kier alpha value is -2.79. The number of rotatable bonds is 7. The third-order valence-corrected chi connectivity index (χ3v) is 7.54. The number of carbonyl (C=O) groups excluding carboxylic acids is 3. The largest absolute Gasteiger partial charge is 0.490 e. The van der Waals surface area contributed by atoms with Gasteiger partial charge in [0.15, 0.2) is 11.5 Å². The fraction of sp³-hybridized carbons (Fsp3) is 0.148. The molecule has 38 heavy (non-hydrogen) atoms. The number of hydrogen-bond donors (Lipinski definition) is 1. The zero-order valence-corrected chi connectivity index (χ0v) is 24.5. The summed E-state index contributed by atoms with van der Waals surface area (Å²) in [5.74, 6) is -0.652. The zero-order valence-electron chi connectivity index (χ0n) is 20.1. The number of hydrogen-bond acceptors (Lipinski definition) is 5. The Bertz CT molecular complexity index is 1490.